The molecular formula is C16H14F4N2O. The van der Waals surface area contributed by atoms with Crippen molar-refractivity contribution in [2.24, 2.45) is 0 Å². The van der Waals surface area contributed by atoms with Crippen molar-refractivity contribution in [3.63, 3.8) is 0 Å². The number of benzene rings is 2. The van der Waals surface area contributed by atoms with Crippen molar-refractivity contribution in [2.45, 2.75) is 19.6 Å². The van der Waals surface area contributed by atoms with Crippen molar-refractivity contribution in [3.05, 3.63) is 65.0 Å². The summed E-state index contributed by atoms with van der Waals surface area (Å²) in [5, 5.41) is 4.60. The van der Waals surface area contributed by atoms with E-state index in [2.05, 4.69) is 10.6 Å². The third-order valence-electron chi connectivity index (χ3n) is 3.16. The number of anilines is 1. The molecule has 0 heterocycles. The number of hydrogen-bond donors (Lipinski definition) is 2. The van der Waals surface area contributed by atoms with Crippen LogP contribution in [0.1, 0.15) is 16.7 Å². The molecule has 0 aliphatic carbocycles. The van der Waals surface area contributed by atoms with E-state index < -0.39 is 17.8 Å². The van der Waals surface area contributed by atoms with Gasteiger partial charge in [0.05, 0.1) is 11.3 Å². The Morgan fingerprint density at radius 3 is 2.48 bits per heavy atom. The van der Waals surface area contributed by atoms with Crippen LogP contribution in [0.15, 0.2) is 42.5 Å². The topological polar surface area (TPSA) is 41.1 Å². The van der Waals surface area contributed by atoms with Crippen LogP contribution in [-0.4, -0.2) is 6.03 Å². The third-order valence-corrected chi connectivity index (χ3v) is 3.16. The molecule has 2 aromatic rings. The van der Waals surface area contributed by atoms with Gasteiger partial charge in [0.2, 0.25) is 0 Å². The summed E-state index contributed by atoms with van der Waals surface area (Å²) in [5.41, 5.74) is -0.184. The summed E-state index contributed by atoms with van der Waals surface area (Å²) < 4.78 is 51.6. The van der Waals surface area contributed by atoms with Crippen molar-refractivity contribution in [1.29, 1.82) is 0 Å². The Bertz CT molecular complexity index is 713. The third kappa shape index (κ3) is 4.45. The molecule has 2 N–H and O–H groups in total. The van der Waals surface area contributed by atoms with Crippen molar-refractivity contribution >= 4 is 11.7 Å². The Hall–Kier alpha value is -2.57. The van der Waals surface area contributed by atoms with Gasteiger partial charge in [0.15, 0.2) is 0 Å². The lowest BCUT2D eigenvalue weighted by Gasteiger charge is -2.14. The predicted molar refractivity (Wildman–Crippen MR) is 78.4 cm³/mol. The van der Waals surface area contributed by atoms with E-state index >= 15 is 0 Å². The average molecular weight is 326 g/mol. The molecule has 0 radical (unpaired) electrons. The molecule has 0 aliphatic rings. The summed E-state index contributed by atoms with van der Waals surface area (Å²) in [7, 11) is 0. The number of urea groups is 1. The van der Waals surface area contributed by atoms with Gasteiger partial charge < -0.3 is 10.6 Å². The van der Waals surface area contributed by atoms with E-state index in [4.69, 9.17) is 0 Å². The molecule has 2 aromatic carbocycles. The molecule has 0 spiro atoms. The minimum absolute atomic E-state index is 0.0706. The maximum absolute atomic E-state index is 13.1. The van der Waals surface area contributed by atoms with Crippen LogP contribution in [0.3, 0.4) is 0 Å². The molecule has 122 valence electrons. The number of hydrogen-bond acceptors (Lipinski definition) is 1. The Labute approximate surface area is 130 Å². The van der Waals surface area contributed by atoms with Gasteiger partial charge in [0.1, 0.15) is 5.82 Å². The van der Waals surface area contributed by atoms with Crippen molar-refractivity contribution in [2.75, 3.05) is 5.32 Å². The van der Waals surface area contributed by atoms with Gasteiger partial charge in [-0.15, -0.1) is 0 Å². The molecule has 7 heteroatoms. The highest BCUT2D eigenvalue weighted by molar-refractivity contribution is 5.90. The van der Waals surface area contributed by atoms with Crippen LogP contribution in [0, 0.1) is 12.7 Å². The van der Waals surface area contributed by atoms with E-state index in [1.165, 1.54) is 30.3 Å². The zero-order valence-corrected chi connectivity index (χ0v) is 12.2. The summed E-state index contributed by atoms with van der Waals surface area (Å²) in [4.78, 5) is 11.8. The van der Waals surface area contributed by atoms with Crippen LogP contribution < -0.4 is 10.6 Å². The predicted octanol–water partition coefficient (Wildman–Crippen LogP) is 4.47. The fraction of sp³-hybridized carbons (Fsp3) is 0.188. The molecule has 0 aliphatic heterocycles. The molecule has 2 rings (SSSR count). The molecule has 0 saturated carbocycles. The highest BCUT2D eigenvalue weighted by Crippen LogP contribution is 2.34. The monoisotopic (exact) mass is 326 g/mol. The van der Waals surface area contributed by atoms with E-state index in [0.717, 1.165) is 6.07 Å². The van der Waals surface area contributed by atoms with Crippen LogP contribution in [-0.2, 0) is 12.7 Å². The molecule has 23 heavy (non-hydrogen) atoms. The Morgan fingerprint density at radius 1 is 1.13 bits per heavy atom. The van der Waals surface area contributed by atoms with Gasteiger partial charge in [-0.1, -0.05) is 24.3 Å². The number of amides is 2. The summed E-state index contributed by atoms with van der Waals surface area (Å²) >= 11 is 0. The van der Waals surface area contributed by atoms with Gasteiger partial charge in [-0.2, -0.15) is 13.2 Å². The molecule has 0 bridgehead atoms. The van der Waals surface area contributed by atoms with Crippen molar-refractivity contribution < 1.29 is 22.4 Å². The summed E-state index contributed by atoms with van der Waals surface area (Å²) in [6.45, 7) is 1.65. The van der Waals surface area contributed by atoms with E-state index in [1.54, 1.807) is 13.0 Å². The first-order chi connectivity index (χ1) is 10.8. The van der Waals surface area contributed by atoms with Gasteiger partial charge in [0.25, 0.3) is 0 Å². The second-order valence-electron chi connectivity index (χ2n) is 4.93. The molecule has 0 saturated heterocycles. The summed E-state index contributed by atoms with van der Waals surface area (Å²) in [5.74, 6) is -0.364. The molecule has 0 fully saturated rings. The number of para-hydroxylation sites is 1. The minimum atomic E-state index is -4.56. The highest BCUT2D eigenvalue weighted by atomic mass is 19.4. The molecule has 0 atom stereocenters. The first-order valence-electron chi connectivity index (χ1n) is 6.73. The second-order valence-corrected chi connectivity index (χ2v) is 4.93. The smallest absolute Gasteiger partial charge is 0.334 e. The number of rotatable bonds is 3. The fourth-order valence-electron chi connectivity index (χ4n) is 2.00. The van der Waals surface area contributed by atoms with Crippen LogP contribution in [0.2, 0.25) is 0 Å². The molecule has 0 aromatic heterocycles. The number of nitrogens with one attached hydrogen (secondary N) is 2. The van der Waals surface area contributed by atoms with E-state index in [-0.39, 0.29) is 18.0 Å². The Kier molecular flexibility index (Phi) is 4.88. The fourth-order valence-corrected chi connectivity index (χ4v) is 2.00. The number of alkyl halides is 3. The van der Waals surface area contributed by atoms with Gasteiger partial charge in [-0.3, -0.25) is 0 Å². The number of halogens is 4. The lowest BCUT2D eigenvalue weighted by Crippen LogP contribution is -2.29. The minimum Gasteiger partial charge on any atom is -0.334 e. The van der Waals surface area contributed by atoms with Gasteiger partial charge in [-0.25, -0.2) is 9.18 Å². The largest absolute Gasteiger partial charge is 0.418 e. The molecule has 0 unspecified atom stereocenters. The second kappa shape index (κ2) is 6.68. The highest BCUT2D eigenvalue weighted by Gasteiger charge is 2.33. The van der Waals surface area contributed by atoms with E-state index in [9.17, 15) is 22.4 Å². The van der Waals surface area contributed by atoms with Crippen LogP contribution >= 0.6 is 0 Å². The normalized spacial score (nSPS) is 11.2. The molecular weight excluding hydrogens is 312 g/mol. The van der Waals surface area contributed by atoms with Crippen molar-refractivity contribution in [3.8, 4) is 0 Å². The van der Waals surface area contributed by atoms with Gasteiger partial charge in [0, 0.05) is 6.54 Å². The van der Waals surface area contributed by atoms with Crippen LogP contribution in [0.4, 0.5) is 28.0 Å². The number of carbonyl (C=O) groups is 1. The SMILES string of the molecule is Cc1cc(CNC(=O)Nc2ccccc2C(F)(F)F)ccc1F. The zero-order chi connectivity index (χ0) is 17.0. The Balaban J connectivity index is 2.02. The maximum Gasteiger partial charge on any atom is 0.418 e. The molecule has 3 nitrogen and oxygen atoms in total. The van der Waals surface area contributed by atoms with Crippen molar-refractivity contribution in [1.82, 2.24) is 5.32 Å². The maximum atomic E-state index is 13.1. The van der Waals surface area contributed by atoms with Gasteiger partial charge in [-0.05, 0) is 36.2 Å². The van der Waals surface area contributed by atoms with Crippen LogP contribution in [0.25, 0.3) is 0 Å². The summed E-state index contributed by atoms with van der Waals surface area (Å²) in [6.07, 6.45) is -4.56. The first-order valence-corrected chi connectivity index (χ1v) is 6.73. The van der Waals surface area contributed by atoms with Gasteiger partial charge >= 0.3 is 12.2 Å². The molecule has 2 amide bonds. The number of carbonyl (C=O) groups excluding carboxylic acids is 1. The lowest BCUT2D eigenvalue weighted by atomic mass is 10.1. The van der Waals surface area contributed by atoms with E-state index in [0.29, 0.717) is 11.1 Å². The van der Waals surface area contributed by atoms with E-state index in [1.807, 2.05) is 0 Å². The number of aryl methyl sites for hydroxylation is 1. The average Bonchev–Trinajstić information content (AvgIpc) is 2.48. The first kappa shape index (κ1) is 16.8. The quantitative estimate of drug-likeness (QED) is 0.803. The zero-order valence-electron chi connectivity index (χ0n) is 12.2. The standard InChI is InChI=1S/C16H14F4N2O/c1-10-8-11(6-7-13(10)17)9-21-15(23)22-14-5-3-2-4-12(14)16(18,19)20/h2-8H,9H2,1H3,(H2,21,22,23). The lowest BCUT2D eigenvalue weighted by molar-refractivity contribution is -0.136. The summed E-state index contributed by atoms with van der Waals surface area (Å²) in [6, 6.07) is 8.24. The van der Waals surface area contributed by atoms with Crippen LogP contribution in [0.5, 0.6) is 0 Å². The Morgan fingerprint density at radius 2 is 1.83 bits per heavy atom.